The molecule has 0 fully saturated rings. The number of carbonyl (C=O) groups excluding carboxylic acids is 1. The molecule has 124 valence electrons. The van der Waals surface area contributed by atoms with Crippen LogP contribution in [0.2, 0.25) is 0 Å². The Labute approximate surface area is 141 Å². The number of nitro benzene ring substituents is 2. The zero-order valence-corrected chi connectivity index (χ0v) is 13.5. The predicted octanol–water partition coefficient (Wildman–Crippen LogP) is 4.24. The molecule has 0 aliphatic rings. The summed E-state index contributed by atoms with van der Waals surface area (Å²) in [5, 5.41) is 23.9. The molecule has 2 aromatic carbocycles. The van der Waals surface area contributed by atoms with Crippen LogP contribution in [0.5, 0.6) is 0 Å². The van der Waals surface area contributed by atoms with Crippen molar-refractivity contribution < 1.29 is 14.6 Å². The molecule has 24 heavy (non-hydrogen) atoms. The Morgan fingerprint density at radius 3 is 2.21 bits per heavy atom. The number of benzene rings is 2. The Morgan fingerprint density at radius 1 is 1.04 bits per heavy atom. The molecule has 0 aliphatic carbocycles. The number of non-ortho nitro benzene ring substituents is 1. The van der Waals surface area contributed by atoms with Crippen molar-refractivity contribution >= 4 is 39.6 Å². The van der Waals surface area contributed by atoms with Gasteiger partial charge in [0.15, 0.2) is 0 Å². The van der Waals surface area contributed by atoms with E-state index in [4.69, 9.17) is 11.6 Å². The minimum absolute atomic E-state index is 0.186. The molecule has 0 saturated carbocycles. The fraction of sp³-hybridized carbons (Fsp3) is 0.133. The van der Waals surface area contributed by atoms with Crippen molar-refractivity contribution in [2.75, 3.05) is 5.32 Å². The molecule has 0 aliphatic heterocycles. The molecule has 9 heteroatoms. The molecule has 0 spiro atoms. The molecule has 0 atom stereocenters. The number of nitro groups is 2. The average molecular weight is 350 g/mol. The van der Waals surface area contributed by atoms with E-state index in [9.17, 15) is 25.0 Å². The summed E-state index contributed by atoms with van der Waals surface area (Å²) in [6.07, 6.45) is 0. The first-order valence-electron chi connectivity index (χ1n) is 6.71. The first-order valence-corrected chi connectivity index (χ1v) is 7.09. The summed E-state index contributed by atoms with van der Waals surface area (Å²) in [6, 6.07) is 6.91. The van der Waals surface area contributed by atoms with Crippen LogP contribution in [0.4, 0.5) is 22.7 Å². The van der Waals surface area contributed by atoms with Gasteiger partial charge in [-0.3, -0.25) is 25.0 Å². The first kappa shape index (κ1) is 17.4. The van der Waals surface area contributed by atoms with Crippen molar-refractivity contribution in [3.05, 3.63) is 67.3 Å². The highest BCUT2D eigenvalue weighted by molar-refractivity contribution is 6.68. The van der Waals surface area contributed by atoms with Crippen LogP contribution < -0.4 is 5.32 Å². The minimum Gasteiger partial charge on any atom is -0.349 e. The SMILES string of the molecule is Cc1ccc(Nc2c(C(=O)Cl)cc([N+](=O)[O-])cc2[N+](=O)[O-])cc1C. The van der Waals surface area contributed by atoms with E-state index in [1.807, 2.05) is 13.8 Å². The zero-order chi connectivity index (χ0) is 18.0. The van der Waals surface area contributed by atoms with E-state index in [0.29, 0.717) is 5.69 Å². The lowest BCUT2D eigenvalue weighted by Gasteiger charge is -2.12. The lowest BCUT2D eigenvalue weighted by molar-refractivity contribution is -0.393. The summed E-state index contributed by atoms with van der Waals surface area (Å²) in [7, 11) is 0. The topological polar surface area (TPSA) is 115 Å². The Morgan fingerprint density at radius 2 is 1.71 bits per heavy atom. The van der Waals surface area contributed by atoms with Crippen LogP contribution in [-0.4, -0.2) is 15.1 Å². The fourth-order valence-electron chi connectivity index (χ4n) is 2.11. The Balaban J connectivity index is 2.65. The second-order valence-corrected chi connectivity index (χ2v) is 5.44. The predicted molar refractivity (Wildman–Crippen MR) is 89.1 cm³/mol. The monoisotopic (exact) mass is 349 g/mol. The highest BCUT2D eigenvalue weighted by Gasteiger charge is 2.27. The largest absolute Gasteiger partial charge is 0.349 e. The van der Waals surface area contributed by atoms with Crippen molar-refractivity contribution in [2.45, 2.75) is 13.8 Å². The lowest BCUT2D eigenvalue weighted by atomic mass is 10.1. The maximum absolute atomic E-state index is 11.6. The number of anilines is 2. The zero-order valence-electron chi connectivity index (χ0n) is 12.7. The van der Waals surface area contributed by atoms with Crippen molar-refractivity contribution in [1.29, 1.82) is 0 Å². The van der Waals surface area contributed by atoms with Gasteiger partial charge in [0.05, 0.1) is 21.5 Å². The summed E-state index contributed by atoms with van der Waals surface area (Å²) in [6.45, 7) is 3.76. The third kappa shape index (κ3) is 3.49. The minimum atomic E-state index is -1.03. The van der Waals surface area contributed by atoms with Gasteiger partial charge in [-0.2, -0.15) is 0 Å². The van der Waals surface area contributed by atoms with Crippen LogP contribution in [0, 0.1) is 34.1 Å². The fourth-order valence-corrected chi connectivity index (χ4v) is 2.26. The summed E-state index contributed by atoms with van der Waals surface area (Å²) in [5.41, 5.74) is 0.734. The van der Waals surface area contributed by atoms with Gasteiger partial charge >= 0.3 is 0 Å². The first-order chi connectivity index (χ1) is 11.2. The van der Waals surface area contributed by atoms with Gasteiger partial charge in [0.25, 0.3) is 16.6 Å². The molecule has 1 N–H and O–H groups in total. The highest BCUT2D eigenvalue weighted by Crippen LogP contribution is 2.36. The van der Waals surface area contributed by atoms with Crippen LogP contribution in [0.15, 0.2) is 30.3 Å². The van der Waals surface area contributed by atoms with E-state index >= 15 is 0 Å². The van der Waals surface area contributed by atoms with Crippen molar-refractivity contribution in [3.8, 4) is 0 Å². The molecule has 0 saturated heterocycles. The summed E-state index contributed by atoms with van der Waals surface area (Å²) in [5.74, 6) is 0. The average Bonchev–Trinajstić information content (AvgIpc) is 2.50. The molecule has 0 amide bonds. The van der Waals surface area contributed by atoms with E-state index in [1.54, 1.807) is 18.2 Å². The maximum atomic E-state index is 11.6. The summed E-state index contributed by atoms with van der Waals surface area (Å²) < 4.78 is 0. The van der Waals surface area contributed by atoms with Gasteiger partial charge in [0, 0.05) is 11.8 Å². The number of hydrogen-bond donors (Lipinski definition) is 1. The number of rotatable bonds is 5. The van der Waals surface area contributed by atoms with E-state index in [1.165, 1.54) is 0 Å². The molecule has 2 aromatic rings. The number of hydrogen-bond acceptors (Lipinski definition) is 6. The quantitative estimate of drug-likeness (QED) is 0.490. The number of nitrogens with one attached hydrogen (secondary N) is 1. The number of halogens is 1. The Bertz CT molecular complexity index is 831. The molecule has 0 heterocycles. The number of aryl methyl sites for hydroxylation is 2. The number of nitrogens with zero attached hydrogens (tertiary/aromatic N) is 2. The molecule has 0 unspecified atom stereocenters. The van der Waals surface area contributed by atoms with E-state index < -0.39 is 26.5 Å². The second-order valence-electron chi connectivity index (χ2n) is 5.10. The van der Waals surface area contributed by atoms with E-state index in [2.05, 4.69) is 5.32 Å². The van der Waals surface area contributed by atoms with Crippen molar-refractivity contribution in [2.24, 2.45) is 0 Å². The van der Waals surface area contributed by atoms with E-state index in [0.717, 1.165) is 23.3 Å². The third-order valence-electron chi connectivity index (χ3n) is 3.50. The van der Waals surface area contributed by atoms with Gasteiger partial charge in [-0.05, 0) is 48.7 Å². The van der Waals surface area contributed by atoms with Gasteiger partial charge in [-0.1, -0.05) is 6.07 Å². The van der Waals surface area contributed by atoms with Crippen LogP contribution in [-0.2, 0) is 0 Å². The van der Waals surface area contributed by atoms with Crippen molar-refractivity contribution in [1.82, 2.24) is 0 Å². The van der Waals surface area contributed by atoms with Crippen LogP contribution >= 0.6 is 11.6 Å². The van der Waals surface area contributed by atoms with Gasteiger partial charge in [0.2, 0.25) is 0 Å². The van der Waals surface area contributed by atoms with Crippen molar-refractivity contribution in [3.63, 3.8) is 0 Å². The molecular formula is C15H12ClN3O5. The number of carbonyl (C=O) groups is 1. The highest BCUT2D eigenvalue weighted by atomic mass is 35.5. The Kier molecular flexibility index (Phi) is 4.79. The van der Waals surface area contributed by atoms with Gasteiger partial charge in [-0.25, -0.2) is 0 Å². The van der Waals surface area contributed by atoms with Crippen LogP contribution in [0.1, 0.15) is 21.5 Å². The van der Waals surface area contributed by atoms with Crippen LogP contribution in [0.3, 0.4) is 0 Å². The molecular weight excluding hydrogens is 338 g/mol. The normalized spacial score (nSPS) is 10.3. The van der Waals surface area contributed by atoms with E-state index in [-0.39, 0.29) is 11.3 Å². The third-order valence-corrected chi connectivity index (χ3v) is 3.70. The summed E-state index contributed by atoms with van der Waals surface area (Å²) in [4.78, 5) is 32.2. The molecule has 0 radical (unpaired) electrons. The molecule has 0 bridgehead atoms. The Hall–Kier alpha value is -3.00. The molecule has 0 aromatic heterocycles. The smallest absolute Gasteiger partial charge is 0.300 e. The molecule has 8 nitrogen and oxygen atoms in total. The lowest BCUT2D eigenvalue weighted by Crippen LogP contribution is -2.05. The van der Waals surface area contributed by atoms with Crippen LogP contribution in [0.25, 0.3) is 0 Å². The summed E-state index contributed by atoms with van der Waals surface area (Å²) >= 11 is 5.46. The van der Waals surface area contributed by atoms with Gasteiger partial charge in [-0.15, -0.1) is 0 Å². The van der Waals surface area contributed by atoms with Gasteiger partial charge in [0.1, 0.15) is 5.69 Å². The standard InChI is InChI=1S/C15H12ClN3O5/c1-8-3-4-10(5-9(8)2)17-14-12(15(16)20)6-11(18(21)22)7-13(14)19(23)24/h3-7,17H,1-2H3. The second kappa shape index (κ2) is 6.63. The molecule has 2 rings (SSSR count). The van der Waals surface area contributed by atoms with Gasteiger partial charge < -0.3 is 5.32 Å². The maximum Gasteiger partial charge on any atom is 0.300 e.